The first-order valence-corrected chi connectivity index (χ1v) is 8.62. The lowest BCUT2D eigenvalue weighted by molar-refractivity contribution is -0.121. The molecule has 3 rings (SSSR count). The number of halogens is 2. The zero-order valence-corrected chi connectivity index (χ0v) is 14.8. The number of carbonyl (C=O) groups excluding carboxylic acids is 1. The van der Waals surface area contributed by atoms with Gasteiger partial charge in [-0.2, -0.15) is 4.98 Å². The molecule has 140 valence electrons. The van der Waals surface area contributed by atoms with Gasteiger partial charge in [0, 0.05) is 24.4 Å². The van der Waals surface area contributed by atoms with Crippen molar-refractivity contribution in [3.05, 3.63) is 71.6 Å². The average molecular weight is 371 g/mol. The Morgan fingerprint density at radius 2 is 1.89 bits per heavy atom. The summed E-state index contributed by atoms with van der Waals surface area (Å²) in [6.45, 7) is 1.82. The maximum atomic E-state index is 13.7. The van der Waals surface area contributed by atoms with E-state index in [9.17, 15) is 13.6 Å². The molecule has 0 aliphatic carbocycles. The van der Waals surface area contributed by atoms with Crippen LogP contribution >= 0.6 is 0 Å². The molecule has 0 fully saturated rings. The molecule has 1 N–H and O–H groups in total. The number of nitrogens with zero attached hydrogens (tertiary/aromatic N) is 2. The van der Waals surface area contributed by atoms with Crippen molar-refractivity contribution in [2.45, 2.75) is 32.2 Å². The molecule has 1 atom stereocenters. The van der Waals surface area contributed by atoms with Gasteiger partial charge in [-0.15, -0.1) is 0 Å². The minimum Gasteiger partial charge on any atom is -0.353 e. The predicted molar refractivity (Wildman–Crippen MR) is 95.7 cm³/mol. The first-order valence-electron chi connectivity index (χ1n) is 8.62. The molecule has 5 nitrogen and oxygen atoms in total. The summed E-state index contributed by atoms with van der Waals surface area (Å²) in [5.74, 6) is -0.133. The first kappa shape index (κ1) is 18.7. The second kappa shape index (κ2) is 8.53. The highest BCUT2D eigenvalue weighted by atomic mass is 19.1. The number of rotatable bonds is 7. The highest BCUT2D eigenvalue weighted by Gasteiger charge is 2.13. The number of nitrogens with one attached hydrogen (secondary N) is 1. The molecule has 1 aromatic heterocycles. The molecular formula is C20H19F2N3O2. The minimum atomic E-state index is -0.344. The van der Waals surface area contributed by atoms with Crippen LogP contribution in [-0.2, 0) is 17.6 Å². The molecule has 0 saturated carbocycles. The number of benzene rings is 2. The largest absolute Gasteiger partial charge is 0.353 e. The number of carbonyl (C=O) groups is 1. The maximum Gasteiger partial charge on any atom is 0.227 e. The Morgan fingerprint density at radius 3 is 2.63 bits per heavy atom. The second-order valence-electron chi connectivity index (χ2n) is 6.28. The monoisotopic (exact) mass is 371 g/mol. The van der Waals surface area contributed by atoms with Crippen LogP contribution in [0.4, 0.5) is 8.78 Å². The lowest BCUT2D eigenvalue weighted by atomic mass is 10.1. The third kappa shape index (κ3) is 5.20. The molecule has 0 aliphatic heterocycles. The number of aromatic nitrogens is 2. The molecule has 27 heavy (non-hydrogen) atoms. The van der Waals surface area contributed by atoms with Crippen LogP contribution in [0.15, 0.2) is 53.1 Å². The molecule has 7 heteroatoms. The van der Waals surface area contributed by atoms with Gasteiger partial charge in [-0.25, -0.2) is 8.78 Å². The van der Waals surface area contributed by atoms with Gasteiger partial charge in [0.25, 0.3) is 0 Å². The van der Waals surface area contributed by atoms with Crippen LogP contribution in [0.1, 0.15) is 24.8 Å². The summed E-state index contributed by atoms with van der Waals surface area (Å²) in [5, 5.41) is 6.67. The van der Waals surface area contributed by atoms with E-state index in [2.05, 4.69) is 15.5 Å². The molecule has 1 heterocycles. The Morgan fingerprint density at radius 1 is 1.15 bits per heavy atom. The Hall–Kier alpha value is -3.09. The zero-order chi connectivity index (χ0) is 19.2. The van der Waals surface area contributed by atoms with E-state index in [-0.39, 0.29) is 36.4 Å². The first-order chi connectivity index (χ1) is 13.0. The molecule has 1 unspecified atom stereocenters. The van der Waals surface area contributed by atoms with E-state index in [1.54, 1.807) is 30.3 Å². The van der Waals surface area contributed by atoms with Crippen molar-refractivity contribution in [2.24, 2.45) is 0 Å². The van der Waals surface area contributed by atoms with E-state index in [1.165, 1.54) is 18.2 Å². The normalized spacial score (nSPS) is 12.0. The van der Waals surface area contributed by atoms with Crippen molar-refractivity contribution in [1.82, 2.24) is 15.5 Å². The van der Waals surface area contributed by atoms with Crippen LogP contribution in [-0.4, -0.2) is 22.1 Å². The van der Waals surface area contributed by atoms with Gasteiger partial charge < -0.3 is 9.84 Å². The van der Waals surface area contributed by atoms with Gasteiger partial charge in [-0.1, -0.05) is 23.4 Å². The summed E-state index contributed by atoms with van der Waals surface area (Å²) in [4.78, 5) is 16.3. The lowest BCUT2D eigenvalue weighted by Crippen LogP contribution is -2.34. The predicted octanol–water partition coefficient (Wildman–Crippen LogP) is 3.69. The van der Waals surface area contributed by atoms with Crippen molar-refractivity contribution in [3.8, 4) is 11.4 Å². The van der Waals surface area contributed by atoms with E-state index in [0.29, 0.717) is 29.3 Å². The lowest BCUT2D eigenvalue weighted by Gasteiger charge is -2.14. The molecule has 0 bridgehead atoms. The summed E-state index contributed by atoms with van der Waals surface area (Å²) < 4.78 is 31.7. The van der Waals surface area contributed by atoms with Crippen LogP contribution < -0.4 is 5.32 Å². The second-order valence-corrected chi connectivity index (χ2v) is 6.28. The van der Waals surface area contributed by atoms with Crippen molar-refractivity contribution < 1.29 is 18.1 Å². The van der Waals surface area contributed by atoms with E-state index in [0.717, 1.165) is 0 Å². The fourth-order valence-corrected chi connectivity index (χ4v) is 2.68. The van der Waals surface area contributed by atoms with Crippen molar-refractivity contribution in [3.63, 3.8) is 0 Å². The SMILES string of the molecule is CC(Cc1ccccc1F)NC(=O)CCc1nc(-c2ccc(F)cc2)no1. The molecule has 1 amide bonds. The fourth-order valence-electron chi connectivity index (χ4n) is 2.68. The van der Waals surface area contributed by atoms with E-state index < -0.39 is 0 Å². The number of hydrogen-bond acceptors (Lipinski definition) is 4. The Balaban J connectivity index is 1.49. The number of amides is 1. The number of aryl methyl sites for hydroxylation is 1. The van der Waals surface area contributed by atoms with Crippen LogP contribution in [0.2, 0.25) is 0 Å². The Kier molecular flexibility index (Phi) is 5.90. The molecular weight excluding hydrogens is 352 g/mol. The molecule has 0 radical (unpaired) electrons. The molecule has 0 spiro atoms. The smallest absolute Gasteiger partial charge is 0.227 e. The van der Waals surface area contributed by atoms with E-state index >= 15 is 0 Å². The maximum absolute atomic E-state index is 13.7. The molecule has 2 aromatic carbocycles. The average Bonchev–Trinajstić information content (AvgIpc) is 3.11. The van der Waals surface area contributed by atoms with E-state index in [4.69, 9.17) is 4.52 Å². The van der Waals surface area contributed by atoms with Gasteiger partial charge in [-0.05, 0) is 49.2 Å². The third-order valence-corrected chi connectivity index (χ3v) is 4.03. The third-order valence-electron chi connectivity index (χ3n) is 4.03. The van der Waals surface area contributed by atoms with Crippen LogP contribution in [0.3, 0.4) is 0 Å². The van der Waals surface area contributed by atoms with Crippen LogP contribution in [0.5, 0.6) is 0 Å². The summed E-state index contributed by atoms with van der Waals surface area (Å²) in [5.41, 5.74) is 1.19. The quantitative estimate of drug-likeness (QED) is 0.688. The topological polar surface area (TPSA) is 68.0 Å². The van der Waals surface area contributed by atoms with Gasteiger partial charge in [0.2, 0.25) is 17.6 Å². The Bertz CT molecular complexity index is 910. The van der Waals surface area contributed by atoms with Gasteiger partial charge >= 0.3 is 0 Å². The molecule has 3 aromatic rings. The van der Waals surface area contributed by atoms with Gasteiger partial charge in [0.15, 0.2) is 0 Å². The fraction of sp³-hybridized carbons (Fsp3) is 0.250. The summed E-state index contributed by atoms with van der Waals surface area (Å²) >= 11 is 0. The highest BCUT2D eigenvalue weighted by molar-refractivity contribution is 5.76. The van der Waals surface area contributed by atoms with Gasteiger partial charge in [-0.3, -0.25) is 4.79 Å². The molecule has 0 aliphatic rings. The standard InChI is InChI=1S/C20H19F2N3O2/c1-13(12-15-4-2-3-5-17(15)22)23-18(26)10-11-19-24-20(25-27-19)14-6-8-16(21)9-7-14/h2-9,13H,10-12H2,1H3,(H,23,26). The van der Waals surface area contributed by atoms with Crippen LogP contribution in [0, 0.1) is 11.6 Å². The van der Waals surface area contributed by atoms with Crippen LogP contribution in [0.25, 0.3) is 11.4 Å². The van der Waals surface area contributed by atoms with Crippen molar-refractivity contribution in [2.75, 3.05) is 0 Å². The summed E-state index contributed by atoms with van der Waals surface area (Å²) in [6, 6.07) is 12.0. The summed E-state index contributed by atoms with van der Waals surface area (Å²) in [6.07, 6.45) is 0.868. The minimum absolute atomic E-state index is 0.173. The highest BCUT2D eigenvalue weighted by Crippen LogP contribution is 2.16. The Labute approximate surface area is 155 Å². The van der Waals surface area contributed by atoms with Crippen molar-refractivity contribution >= 4 is 5.91 Å². The summed E-state index contributed by atoms with van der Waals surface area (Å²) in [7, 11) is 0. The zero-order valence-electron chi connectivity index (χ0n) is 14.8. The number of hydrogen-bond donors (Lipinski definition) is 1. The van der Waals surface area contributed by atoms with Crippen molar-refractivity contribution in [1.29, 1.82) is 0 Å². The van der Waals surface area contributed by atoms with Gasteiger partial charge in [0.1, 0.15) is 11.6 Å². The molecule has 0 saturated heterocycles. The van der Waals surface area contributed by atoms with E-state index in [1.807, 2.05) is 6.92 Å². The van der Waals surface area contributed by atoms with Gasteiger partial charge in [0.05, 0.1) is 0 Å².